The summed E-state index contributed by atoms with van der Waals surface area (Å²) in [5, 5.41) is 22.0. The Hall–Kier alpha value is -2.28. The zero-order valence-corrected chi connectivity index (χ0v) is 21.1. The lowest BCUT2D eigenvalue weighted by Crippen LogP contribution is -2.39. The molecule has 0 saturated carbocycles. The van der Waals surface area contributed by atoms with Crippen molar-refractivity contribution >= 4 is 0 Å². The van der Waals surface area contributed by atoms with E-state index in [1.807, 2.05) is 19.9 Å². The molecule has 1 rings (SSSR count). The predicted octanol–water partition coefficient (Wildman–Crippen LogP) is 6.20. The predicted molar refractivity (Wildman–Crippen MR) is 129 cm³/mol. The van der Waals surface area contributed by atoms with Gasteiger partial charge in [-0.25, -0.2) is 5.06 Å². The van der Waals surface area contributed by atoms with Crippen molar-refractivity contribution in [1.29, 1.82) is 0 Å². The normalized spacial score (nSPS) is 21.0. The Morgan fingerprint density at radius 2 is 1.84 bits per heavy atom. The molecule has 0 aromatic carbocycles. The maximum atomic E-state index is 10.5. The van der Waals surface area contributed by atoms with Gasteiger partial charge in [0.05, 0.1) is 18.9 Å². The second kappa shape index (κ2) is 13.3. The van der Waals surface area contributed by atoms with Gasteiger partial charge >= 0.3 is 0 Å². The van der Waals surface area contributed by atoms with Crippen molar-refractivity contribution in [3.63, 3.8) is 0 Å². The molecule has 0 aromatic heterocycles. The highest BCUT2D eigenvalue weighted by atomic mass is 16.6. The zero-order chi connectivity index (χ0) is 24.4. The monoisotopic (exact) mass is 447 g/mol. The van der Waals surface area contributed by atoms with Gasteiger partial charge in [0, 0.05) is 32.1 Å². The molecule has 0 radical (unpaired) electrons. The number of hydroxylamine groups is 2. The summed E-state index contributed by atoms with van der Waals surface area (Å²) in [6, 6.07) is 0. The fraction of sp³-hybridized carbons (Fsp3) is 0.538. The average molecular weight is 448 g/mol. The lowest BCUT2D eigenvalue weighted by atomic mass is 9.95. The fourth-order valence-electron chi connectivity index (χ4n) is 3.84. The van der Waals surface area contributed by atoms with E-state index in [2.05, 4.69) is 45.1 Å². The van der Waals surface area contributed by atoms with Crippen molar-refractivity contribution in [3.05, 3.63) is 69.9 Å². The molecule has 32 heavy (non-hydrogen) atoms. The molecular formula is C26H41NO5. The SMILES string of the molecule is CC=C(C)C(OC)C(C)C=C(C)C=CCC(C)=CCC1=C(C)C(O)=C(OC)C(OC)N1O. The van der Waals surface area contributed by atoms with Crippen molar-refractivity contribution in [3.8, 4) is 0 Å². The largest absolute Gasteiger partial charge is 0.504 e. The average Bonchev–Trinajstić information content (AvgIpc) is 2.76. The summed E-state index contributed by atoms with van der Waals surface area (Å²) < 4.78 is 16.1. The molecule has 1 aliphatic heterocycles. The van der Waals surface area contributed by atoms with E-state index in [0.717, 1.165) is 17.1 Å². The molecule has 6 heteroatoms. The molecule has 180 valence electrons. The molecule has 0 saturated heterocycles. The summed E-state index contributed by atoms with van der Waals surface area (Å²) >= 11 is 0. The Morgan fingerprint density at radius 3 is 2.38 bits per heavy atom. The van der Waals surface area contributed by atoms with E-state index in [0.29, 0.717) is 17.7 Å². The van der Waals surface area contributed by atoms with Crippen LogP contribution in [0.1, 0.15) is 54.4 Å². The number of rotatable bonds is 11. The van der Waals surface area contributed by atoms with Crippen LogP contribution in [0.25, 0.3) is 0 Å². The van der Waals surface area contributed by atoms with Gasteiger partial charge in [-0.2, -0.15) is 0 Å². The van der Waals surface area contributed by atoms with Crippen molar-refractivity contribution in [1.82, 2.24) is 5.06 Å². The first kappa shape index (κ1) is 27.8. The van der Waals surface area contributed by atoms with Gasteiger partial charge in [-0.1, -0.05) is 48.5 Å². The third-order valence-electron chi connectivity index (χ3n) is 5.81. The standard InChI is InChI=1S/C26H41NO5/c1-10-19(4)24(30-7)20(5)16-18(3)13-11-12-17(2)14-15-22-21(6)23(28)25(31-8)26(32-9)27(22)29/h10-11,13-14,16,20,24,26,28-29H,12,15H2,1-9H3. The molecule has 1 heterocycles. The highest BCUT2D eigenvalue weighted by Crippen LogP contribution is 2.32. The van der Waals surface area contributed by atoms with E-state index < -0.39 is 6.23 Å². The third kappa shape index (κ3) is 7.12. The van der Waals surface area contributed by atoms with Crippen LogP contribution < -0.4 is 0 Å². The Kier molecular flexibility index (Phi) is 11.5. The van der Waals surface area contributed by atoms with E-state index in [1.165, 1.54) is 25.4 Å². The molecule has 0 spiro atoms. The molecular weight excluding hydrogens is 406 g/mol. The summed E-state index contributed by atoms with van der Waals surface area (Å²) in [5.41, 5.74) is 4.72. The quantitative estimate of drug-likeness (QED) is 0.290. The van der Waals surface area contributed by atoms with Crippen molar-refractivity contribution in [2.75, 3.05) is 21.3 Å². The summed E-state index contributed by atoms with van der Waals surface area (Å²) in [6.45, 7) is 12.2. The van der Waals surface area contributed by atoms with E-state index in [-0.39, 0.29) is 23.5 Å². The zero-order valence-electron chi connectivity index (χ0n) is 21.1. The van der Waals surface area contributed by atoms with Gasteiger partial charge in [0.2, 0.25) is 6.23 Å². The molecule has 0 aromatic rings. The minimum atomic E-state index is -0.871. The smallest absolute Gasteiger partial charge is 0.215 e. The van der Waals surface area contributed by atoms with E-state index in [9.17, 15) is 10.3 Å². The maximum Gasteiger partial charge on any atom is 0.215 e. The topological polar surface area (TPSA) is 71.4 Å². The molecule has 1 aliphatic rings. The van der Waals surface area contributed by atoms with E-state index in [4.69, 9.17) is 14.2 Å². The van der Waals surface area contributed by atoms with Crippen LogP contribution in [0.3, 0.4) is 0 Å². The molecule has 3 unspecified atom stereocenters. The molecule has 3 atom stereocenters. The van der Waals surface area contributed by atoms with E-state index in [1.54, 1.807) is 14.0 Å². The van der Waals surface area contributed by atoms with Gasteiger partial charge in [0.15, 0.2) is 11.5 Å². The number of nitrogens with zero attached hydrogens (tertiary/aromatic N) is 1. The van der Waals surface area contributed by atoms with Gasteiger partial charge in [-0.3, -0.25) is 5.21 Å². The number of hydrogen-bond acceptors (Lipinski definition) is 6. The van der Waals surface area contributed by atoms with Crippen molar-refractivity contribution < 1.29 is 24.5 Å². The van der Waals surface area contributed by atoms with Crippen LogP contribution in [0.15, 0.2) is 69.9 Å². The first-order chi connectivity index (χ1) is 15.1. The minimum absolute atomic E-state index is 0.00278. The molecule has 6 nitrogen and oxygen atoms in total. The molecule has 0 fully saturated rings. The van der Waals surface area contributed by atoms with Crippen LogP contribution in [0, 0.1) is 5.92 Å². The van der Waals surface area contributed by atoms with Gasteiger partial charge < -0.3 is 19.3 Å². The van der Waals surface area contributed by atoms with Crippen LogP contribution in [-0.2, 0) is 14.2 Å². The van der Waals surface area contributed by atoms with Gasteiger partial charge in [0.25, 0.3) is 0 Å². The van der Waals surface area contributed by atoms with Crippen LogP contribution >= 0.6 is 0 Å². The molecule has 0 bridgehead atoms. The lowest BCUT2D eigenvalue weighted by molar-refractivity contribution is -0.185. The van der Waals surface area contributed by atoms with Crippen molar-refractivity contribution in [2.45, 2.75) is 66.7 Å². The first-order valence-electron chi connectivity index (χ1n) is 11.0. The molecule has 0 amide bonds. The number of aliphatic hydroxyl groups is 1. The number of hydrogen-bond donors (Lipinski definition) is 2. The Balaban J connectivity index is 2.84. The number of allylic oxidation sites excluding steroid dienone is 7. The second-order valence-electron chi connectivity index (χ2n) is 8.24. The van der Waals surface area contributed by atoms with Gasteiger partial charge in [-0.05, 0) is 46.6 Å². The van der Waals surface area contributed by atoms with Crippen molar-refractivity contribution in [2.24, 2.45) is 5.92 Å². The van der Waals surface area contributed by atoms with Crippen LogP contribution in [0.4, 0.5) is 0 Å². The lowest BCUT2D eigenvalue weighted by Gasteiger charge is -2.34. The summed E-state index contributed by atoms with van der Waals surface area (Å²) in [6.07, 6.45) is 11.1. The molecule has 0 aliphatic carbocycles. The Morgan fingerprint density at radius 1 is 1.19 bits per heavy atom. The summed E-state index contributed by atoms with van der Waals surface area (Å²) in [5.74, 6) is 0.473. The van der Waals surface area contributed by atoms with Crippen LogP contribution in [0.2, 0.25) is 0 Å². The second-order valence-corrected chi connectivity index (χ2v) is 8.24. The first-order valence-corrected chi connectivity index (χ1v) is 11.0. The van der Waals surface area contributed by atoms with Crippen LogP contribution in [-0.4, -0.2) is 49.0 Å². The number of methoxy groups -OCH3 is 3. The van der Waals surface area contributed by atoms with E-state index >= 15 is 0 Å². The highest BCUT2D eigenvalue weighted by molar-refractivity contribution is 5.36. The Bertz CT molecular complexity index is 816. The van der Waals surface area contributed by atoms with Gasteiger partial charge in [-0.15, -0.1) is 0 Å². The maximum absolute atomic E-state index is 10.5. The highest BCUT2D eigenvalue weighted by Gasteiger charge is 2.34. The van der Waals surface area contributed by atoms with Crippen LogP contribution in [0.5, 0.6) is 0 Å². The number of ether oxygens (including phenoxy) is 3. The van der Waals surface area contributed by atoms with Gasteiger partial charge in [0.1, 0.15) is 0 Å². The Labute approximate surface area is 193 Å². The molecule has 2 N–H and O–H groups in total. The minimum Gasteiger partial charge on any atom is -0.504 e. The third-order valence-corrected chi connectivity index (χ3v) is 5.81. The number of aliphatic hydroxyl groups excluding tert-OH is 1. The fourth-order valence-corrected chi connectivity index (χ4v) is 3.84. The summed E-state index contributed by atoms with van der Waals surface area (Å²) in [4.78, 5) is 0. The summed E-state index contributed by atoms with van der Waals surface area (Å²) in [7, 11) is 4.64.